The molecule has 0 radical (unpaired) electrons. The number of hydrogen-bond acceptors (Lipinski definition) is 12. The zero-order valence-corrected chi connectivity index (χ0v) is 30.0. The van der Waals surface area contributed by atoms with Gasteiger partial charge < -0.3 is 29.8 Å². The molecule has 4 aromatic heterocycles. The molecule has 0 fully saturated rings. The third-order valence-electron chi connectivity index (χ3n) is 8.50. The summed E-state index contributed by atoms with van der Waals surface area (Å²) in [5.74, 6) is -0.877. The van der Waals surface area contributed by atoms with E-state index in [9.17, 15) is 19.2 Å². The lowest BCUT2D eigenvalue weighted by Gasteiger charge is -2.29. The number of aryl methyl sites for hydroxylation is 2. The minimum Gasteiger partial charge on any atom is -0.443 e. The number of oxazole rings is 1. The lowest BCUT2D eigenvalue weighted by molar-refractivity contribution is -0.136. The molecule has 52 heavy (non-hydrogen) atoms. The predicted molar refractivity (Wildman–Crippen MR) is 189 cm³/mol. The Balaban J connectivity index is 1.31. The van der Waals surface area contributed by atoms with Crippen molar-refractivity contribution in [1.82, 2.24) is 45.9 Å². The minimum absolute atomic E-state index is 0.0110. The highest BCUT2D eigenvalue weighted by atomic mass is 32.1. The minimum atomic E-state index is -0.702. The molecule has 15 nitrogen and oxygen atoms in total. The van der Waals surface area contributed by atoms with Gasteiger partial charge in [-0.25, -0.2) is 9.97 Å². The first kappa shape index (κ1) is 36.0. The summed E-state index contributed by atoms with van der Waals surface area (Å²) in [5.41, 5.74) is 1.88. The fourth-order valence-electron chi connectivity index (χ4n) is 5.77. The normalized spacial score (nSPS) is 18.7. The quantitative estimate of drug-likeness (QED) is 0.219. The lowest BCUT2D eigenvalue weighted by Crippen LogP contribution is -2.50. The number of benzene rings is 1. The van der Waals surface area contributed by atoms with Gasteiger partial charge in [-0.15, -0.1) is 11.3 Å². The first-order valence-electron chi connectivity index (χ1n) is 16.9. The van der Waals surface area contributed by atoms with Crippen molar-refractivity contribution in [1.29, 1.82) is 0 Å². The molecule has 4 amide bonds. The fourth-order valence-corrected chi connectivity index (χ4v) is 6.58. The van der Waals surface area contributed by atoms with Crippen LogP contribution < -0.4 is 16.0 Å². The number of carbonyl (C=O) groups is 4. The van der Waals surface area contributed by atoms with Gasteiger partial charge in [-0.3, -0.25) is 24.2 Å². The van der Waals surface area contributed by atoms with Crippen LogP contribution in [0.3, 0.4) is 0 Å². The molecule has 16 heteroatoms. The number of fused-ring (bicyclic) bond motifs is 4. The van der Waals surface area contributed by atoms with E-state index in [1.54, 1.807) is 43.8 Å². The average molecular weight is 726 g/mol. The molecule has 0 unspecified atom stereocenters. The lowest BCUT2D eigenvalue weighted by atomic mass is 10.0. The fraction of sp³-hybridized carbons (Fsp3) is 0.361. The van der Waals surface area contributed by atoms with Crippen molar-refractivity contribution < 1.29 is 28.1 Å². The monoisotopic (exact) mass is 725 g/mol. The van der Waals surface area contributed by atoms with Gasteiger partial charge in [-0.05, 0) is 43.9 Å². The molecule has 1 aromatic carbocycles. The maximum atomic E-state index is 14.0. The summed E-state index contributed by atoms with van der Waals surface area (Å²) in [5, 5.41) is 15.1. The Kier molecular flexibility index (Phi) is 11.1. The number of hydrogen-bond donors (Lipinski definition) is 3. The first-order valence-corrected chi connectivity index (χ1v) is 17.8. The highest BCUT2D eigenvalue weighted by molar-refractivity contribution is 7.09. The van der Waals surface area contributed by atoms with E-state index in [4.69, 9.17) is 8.94 Å². The molecule has 3 atom stereocenters. The Bertz CT molecular complexity index is 2030. The zero-order chi connectivity index (χ0) is 36.8. The number of thiazole rings is 1. The van der Waals surface area contributed by atoms with Crippen molar-refractivity contribution in [2.75, 3.05) is 13.1 Å². The van der Waals surface area contributed by atoms with E-state index in [1.165, 1.54) is 16.2 Å². The van der Waals surface area contributed by atoms with Crippen LogP contribution in [0.2, 0.25) is 0 Å². The van der Waals surface area contributed by atoms with Crippen LogP contribution in [0, 0.1) is 12.8 Å². The van der Waals surface area contributed by atoms with Crippen molar-refractivity contribution in [2.45, 2.75) is 65.1 Å². The van der Waals surface area contributed by atoms with Crippen LogP contribution in [-0.2, 0) is 22.4 Å². The van der Waals surface area contributed by atoms with Crippen LogP contribution in [0.5, 0.6) is 0 Å². The van der Waals surface area contributed by atoms with E-state index in [0.717, 1.165) is 11.1 Å². The summed E-state index contributed by atoms with van der Waals surface area (Å²) in [4.78, 5) is 73.5. The Hall–Kier alpha value is -5.77. The van der Waals surface area contributed by atoms with Crippen LogP contribution >= 0.6 is 11.3 Å². The van der Waals surface area contributed by atoms with E-state index in [1.807, 2.05) is 44.2 Å². The molecule has 1 aliphatic rings. The Labute approximate surface area is 303 Å². The molecule has 4 bridgehead atoms. The molecular formula is C36H39N9O6S. The molecule has 0 saturated carbocycles. The molecule has 270 valence electrons. The maximum absolute atomic E-state index is 14.0. The van der Waals surface area contributed by atoms with Gasteiger partial charge in [0.15, 0.2) is 5.69 Å². The second-order valence-electron chi connectivity index (χ2n) is 12.9. The summed E-state index contributed by atoms with van der Waals surface area (Å²) in [6.07, 6.45) is 3.68. The Morgan fingerprint density at radius 3 is 2.52 bits per heavy atom. The van der Waals surface area contributed by atoms with Crippen molar-refractivity contribution in [2.24, 2.45) is 5.92 Å². The van der Waals surface area contributed by atoms with Gasteiger partial charge in [-0.2, -0.15) is 4.98 Å². The molecule has 6 rings (SSSR count). The smallest absolute Gasteiger partial charge is 0.274 e. The average Bonchev–Trinajstić information content (AvgIpc) is 3.90. The molecule has 3 N–H and O–H groups in total. The van der Waals surface area contributed by atoms with Crippen LogP contribution in [0.1, 0.15) is 88.4 Å². The van der Waals surface area contributed by atoms with Crippen LogP contribution in [0.4, 0.5) is 0 Å². The van der Waals surface area contributed by atoms with E-state index in [-0.39, 0.29) is 66.7 Å². The summed E-state index contributed by atoms with van der Waals surface area (Å²) >= 11 is 1.24. The van der Waals surface area contributed by atoms with Gasteiger partial charge in [0, 0.05) is 42.7 Å². The van der Waals surface area contributed by atoms with Crippen LogP contribution in [0.25, 0.3) is 11.4 Å². The van der Waals surface area contributed by atoms with E-state index >= 15 is 0 Å². The Morgan fingerprint density at radius 1 is 1.00 bits per heavy atom. The van der Waals surface area contributed by atoms with Crippen molar-refractivity contribution in [3.05, 3.63) is 99.7 Å². The number of aromatic nitrogens is 5. The Morgan fingerprint density at radius 2 is 1.77 bits per heavy atom. The number of nitrogens with one attached hydrogen (secondary N) is 3. The largest absolute Gasteiger partial charge is 0.443 e. The van der Waals surface area contributed by atoms with Gasteiger partial charge in [0.05, 0.1) is 18.6 Å². The second kappa shape index (κ2) is 16.1. The molecule has 1 aliphatic heterocycles. The summed E-state index contributed by atoms with van der Waals surface area (Å²) in [6, 6.07) is 11.2. The topological polar surface area (TPSA) is 198 Å². The summed E-state index contributed by atoms with van der Waals surface area (Å²) in [7, 11) is 0. The van der Waals surface area contributed by atoms with Gasteiger partial charge >= 0.3 is 0 Å². The summed E-state index contributed by atoms with van der Waals surface area (Å²) in [6.45, 7) is 6.84. The number of rotatable bonds is 7. The van der Waals surface area contributed by atoms with Gasteiger partial charge in [0.2, 0.25) is 29.4 Å². The zero-order valence-electron chi connectivity index (χ0n) is 29.2. The molecule has 0 aliphatic carbocycles. The maximum Gasteiger partial charge on any atom is 0.274 e. The third-order valence-corrected chi connectivity index (χ3v) is 9.52. The molecule has 5 aromatic rings. The molecule has 0 saturated heterocycles. The van der Waals surface area contributed by atoms with Crippen molar-refractivity contribution >= 4 is 35.0 Å². The van der Waals surface area contributed by atoms with Crippen LogP contribution in [0.15, 0.2) is 69.2 Å². The third kappa shape index (κ3) is 8.74. The van der Waals surface area contributed by atoms with Gasteiger partial charge in [0.1, 0.15) is 22.5 Å². The molecule has 5 heterocycles. The van der Waals surface area contributed by atoms with Gasteiger partial charge in [0.25, 0.3) is 11.8 Å². The van der Waals surface area contributed by atoms with E-state index < -0.39 is 35.8 Å². The highest BCUT2D eigenvalue weighted by Gasteiger charge is 2.31. The first-order chi connectivity index (χ1) is 25.0. The summed E-state index contributed by atoms with van der Waals surface area (Å²) < 4.78 is 11.3. The number of nitrogens with zero attached hydrogens (tertiary/aromatic N) is 6. The number of carbonyl (C=O) groups excluding carboxylic acids is 4. The van der Waals surface area contributed by atoms with Crippen LogP contribution in [-0.4, -0.2) is 72.8 Å². The van der Waals surface area contributed by atoms with E-state index in [0.29, 0.717) is 17.3 Å². The number of amides is 4. The van der Waals surface area contributed by atoms with Crippen molar-refractivity contribution in [3.8, 4) is 11.4 Å². The second-order valence-corrected chi connectivity index (χ2v) is 13.8. The number of pyridine rings is 1. The SMILES string of the molecule is Cc1oc2nc1C(=O)N[C@H](C)c1nc(cs1)C(=O)N[C@H](Cc1ccccc1)CN(C(=O)CCc1nc(-c3ccncc3)no1)CC(=O)N[C@H]2C(C)C. The van der Waals surface area contributed by atoms with Gasteiger partial charge in [-0.1, -0.05) is 49.3 Å². The molecular weight excluding hydrogens is 687 g/mol. The van der Waals surface area contributed by atoms with Crippen molar-refractivity contribution in [3.63, 3.8) is 0 Å². The highest BCUT2D eigenvalue weighted by Crippen LogP contribution is 2.25. The van der Waals surface area contributed by atoms with E-state index in [2.05, 4.69) is 41.0 Å². The molecule has 0 spiro atoms. The predicted octanol–water partition coefficient (Wildman–Crippen LogP) is 4.00. The standard InChI is InChI=1S/C36H39N9O6S/c1-20(2)30-35-43-31(22(4)50-35)34(49)38-21(3)36-40-26(19-52-36)33(48)39-25(16-23-8-6-5-7-9-23)17-45(18-27(46)41-30)29(47)11-10-28-42-32(44-51-28)24-12-14-37-15-13-24/h5-9,12-15,19-21,25,30H,10-11,16-18H2,1-4H3,(H,38,49)(H,39,48)(H,41,46)/t21-,25-,30+/m1/s1.